The Hall–Kier alpha value is -2.39. The van der Waals surface area contributed by atoms with Crippen LogP contribution < -0.4 is 5.32 Å². The lowest BCUT2D eigenvalue weighted by atomic mass is 10.2. The number of amides is 1. The summed E-state index contributed by atoms with van der Waals surface area (Å²) in [4.78, 5) is 22.3. The number of thioether (sulfide) groups is 1. The van der Waals surface area contributed by atoms with Crippen LogP contribution in [0.1, 0.15) is 12.2 Å². The molecule has 0 spiro atoms. The molecule has 0 saturated carbocycles. The van der Waals surface area contributed by atoms with E-state index < -0.39 is 11.2 Å². The molecule has 9 heteroatoms. The van der Waals surface area contributed by atoms with Crippen molar-refractivity contribution in [2.45, 2.75) is 11.7 Å². The van der Waals surface area contributed by atoms with Crippen molar-refractivity contribution < 1.29 is 19.1 Å². The number of aliphatic carboxylic acids is 1. The first-order valence-electron chi connectivity index (χ1n) is 7.17. The molecular formula is C16H12BrN3O4S. The number of benzene rings is 1. The standard InChI is InChI=1S/C16H12BrN3O4S/c17-10-3-1-9(2-4-10)12-6-5-11(24-12)8-18-20-16-19-15(23)13(25-16)7-14(21)22/h1-6,8,13H,7H2,(H,21,22)(H,19,20,23)/b18-8+. The number of hydrogen-bond donors (Lipinski definition) is 2. The topological polar surface area (TPSA) is 104 Å². The molecule has 3 rings (SSSR count). The second-order valence-corrected chi connectivity index (χ2v) is 7.16. The Balaban J connectivity index is 1.64. The van der Waals surface area contributed by atoms with Gasteiger partial charge in [-0.3, -0.25) is 9.59 Å². The highest BCUT2D eigenvalue weighted by molar-refractivity contribution is 9.10. The fraction of sp³-hybridized carbons (Fsp3) is 0.125. The van der Waals surface area contributed by atoms with Gasteiger partial charge < -0.3 is 14.8 Å². The first-order chi connectivity index (χ1) is 12.0. The highest BCUT2D eigenvalue weighted by Gasteiger charge is 2.32. The fourth-order valence-electron chi connectivity index (χ4n) is 2.07. The van der Waals surface area contributed by atoms with Crippen LogP contribution in [0, 0.1) is 0 Å². The van der Waals surface area contributed by atoms with Gasteiger partial charge in [-0.2, -0.15) is 5.10 Å². The van der Waals surface area contributed by atoms with Crippen LogP contribution in [-0.2, 0) is 9.59 Å². The number of halogens is 1. The van der Waals surface area contributed by atoms with E-state index in [4.69, 9.17) is 9.52 Å². The molecule has 2 N–H and O–H groups in total. The van der Waals surface area contributed by atoms with Gasteiger partial charge in [0.25, 0.3) is 0 Å². The molecule has 1 aliphatic rings. The molecule has 1 saturated heterocycles. The average molecular weight is 422 g/mol. The van der Waals surface area contributed by atoms with Gasteiger partial charge in [-0.05, 0) is 24.3 Å². The maximum absolute atomic E-state index is 11.6. The molecule has 7 nitrogen and oxygen atoms in total. The first-order valence-corrected chi connectivity index (χ1v) is 8.84. The van der Waals surface area contributed by atoms with E-state index in [1.54, 1.807) is 6.07 Å². The molecule has 1 amide bonds. The van der Waals surface area contributed by atoms with Gasteiger partial charge in [0.1, 0.15) is 16.8 Å². The van der Waals surface area contributed by atoms with E-state index in [1.165, 1.54) is 6.21 Å². The SMILES string of the molecule is O=C(O)CC1S/C(=N/N=C/c2ccc(-c3ccc(Br)cc3)o2)NC1=O. The maximum Gasteiger partial charge on any atom is 0.305 e. The molecular weight excluding hydrogens is 410 g/mol. The molecule has 0 bridgehead atoms. The van der Waals surface area contributed by atoms with Crippen molar-refractivity contribution in [2.75, 3.05) is 0 Å². The molecule has 1 unspecified atom stereocenters. The number of hydrogen-bond acceptors (Lipinski definition) is 6. The van der Waals surface area contributed by atoms with Crippen LogP contribution in [0.25, 0.3) is 11.3 Å². The number of nitrogens with one attached hydrogen (secondary N) is 1. The number of carbonyl (C=O) groups excluding carboxylic acids is 1. The number of carboxylic acids is 1. The van der Waals surface area contributed by atoms with Gasteiger partial charge >= 0.3 is 5.97 Å². The predicted octanol–water partition coefficient (Wildman–Crippen LogP) is 3.11. The molecule has 1 aromatic carbocycles. The van der Waals surface area contributed by atoms with Gasteiger partial charge in [0.05, 0.1) is 12.6 Å². The average Bonchev–Trinajstić information content (AvgIpc) is 3.15. The summed E-state index contributed by atoms with van der Waals surface area (Å²) in [6.07, 6.45) is 1.17. The van der Waals surface area contributed by atoms with Crippen molar-refractivity contribution in [1.29, 1.82) is 0 Å². The predicted molar refractivity (Wildman–Crippen MR) is 98.6 cm³/mol. The van der Waals surface area contributed by atoms with Crippen LogP contribution in [-0.4, -0.2) is 33.6 Å². The molecule has 1 aromatic heterocycles. The third kappa shape index (κ3) is 4.58. The van der Waals surface area contributed by atoms with E-state index in [0.717, 1.165) is 21.8 Å². The lowest BCUT2D eigenvalue weighted by Crippen LogP contribution is -2.26. The molecule has 0 radical (unpaired) electrons. The molecule has 2 aromatic rings. The molecule has 1 fully saturated rings. The highest BCUT2D eigenvalue weighted by atomic mass is 79.9. The zero-order valence-corrected chi connectivity index (χ0v) is 15.1. The monoisotopic (exact) mass is 421 g/mol. The number of carboxylic acid groups (broad SMARTS) is 1. The second kappa shape index (κ2) is 7.66. The minimum atomic E-state index is -1.03. The van der Waals surface area contributed by atoms with E-state index in [9.17, 15) is 9.59 Å². The Morgan fingerprint density at radius 1 is 1.32 bits per heavy atom. The van der Waals surface area contributed by atoms with Crippen LogP contribution in [0.3, 0.4) is 0 Å². The fourth-order valence-corrected chi connectivity index (χ4v) is 3.25. The van der Waals surface area contributed by atoms with E-state index in [1.807, 2.05) is 30.3 Å². The Labute approximate surface area is 155 Å². The minimum Gasteiger partial charge on any atom is -0.481 e. The molecule has 128 valence electrons. The Kier molecular flexibility index (Phi) is 5.34. The number of carbonyl (C=O) groups is 2. The number of furan rings is 1. The lowest BCUT2D eigenvalue weighted by molar-refractivity contribution is -0.138. The van der Waals surface area contributed by atoms with Crippen LogP contribution in [0.4, 0.5) is 0 Å². The summed E-state index contributed by atoms with van der Waals surface area (Å²) in [6, 6.07) is 11.3. The van der Waals surface area contributed by atoms with Crippen molar-refractivity contribution in [3.63, 3.8) is 0 Å². The zero-order chi connectivity index (χ0) is 17.8. The summed E-state index contributed by atoms with van der Waals surface area (Å²) in [5.74, 6) is -0.198. The van der Waals surface area contributed by atoms with Gasteiger partial charge in [-0.15, -0.1) is 5.10 Å². The van der Waals surface area contributed by atoms with Gasteiger partial charge in [0.15, 0.2) is 5.17 Å². The molecule has 1 aliphatic heterocycles. The smallest absolute Gasteiger partial charge is 0.305 e. The maximum atomic E-state index is 11.6. The summed E-state index contributed by atoms with van der Waals surface area (Å²) < 4.78 is 6.65. The normalized spacial score (nSPS) is 18.8. The third-order valence-corrected chi connectivity index (χ3v) is 4.83. The molecule has 1 atom stereocenters. The van der Waals surface area contributed by atoms with E-state index in [2.05, 4.69) is 31.4 Å². The summed E-state index contributed by atoms with van der Waals surface area (Å²) in [7, 11) is 0. The van der Waals surface area contributed by atoms with Gasteiger partial charge in [-0.1, -0.05) is 39.8 Å². The van der Waals surface area contributed by atoms with Crippen molar-refractivity contribution in [2.24, 2.45) is 10.2 Å². The van der Waals surface area contributed by atoms with Crippen LogP contribution in [0.2, 0.25) is 0 Å². The largest absolute Gasteiger partial charge is 0.481 e. The van der Waals surface area contributed by atoms with Crippen LogP contribution in [0.5, 0.6) is 0 Å². The quantitative estimate of drug-likeness (QED) is 0.569. The van der Waals surface area contributed by atoms with Crippen molar-refractivity contribution in [1.82, 2.24) is 5.32 Å². The third-order valence-electron chi connectivity index (χ3n) is 3.23. The van der Waals surface area contributed by atoms with E-state index in [-0.39, 0.29) is 17.5 Å². The summed E-state index contributed by atoms with van der Waals surface area (Å²) >= 11 is 4.43. The van der Waals surface area contributed by atoms with E-state index in [0.29, 0.717) is 11.5 Å². The molecule has 25 heavy (non-hydrogen) atoms. The second-order valence-electron chi connectivity index (χ2n) is 5.05. The minimum absolute atomic E-state index is 0.256. The highest BCUT2D eigenvalue weighted by Crippen LogP contribution is 2.24. The van der Waals surface area contributed by atoms with Crippen LogP contribution in [0.15, 0.2) is 55.5 Å². The molecule has 0 aliphatic carbocycles. The number of amidine groups is 1. The van der Waals surface area contributed by atoms with Crippen LogP contribution >= 0.6 is 27.7 Å². The Bertz CT molecular complexity index is 861. The van der Waals surface area contributed by atoms with E-state index >= 15 is 0 Å². The Morgan fingerprint density at radius 3 is 2.80 bits per heavy atom. The summed E-state index contributed by atoms with van der Waals surface area (Å²) in [6.45, 7) is 0. The first kappa shape index (κ1) is 17.4. The Morgan fingerprint density at radius 2 is 2.08 bits per heavy atom. The lowest BCUT2D eigenvalue weighted by Gasteiger charge is -1.97. The van der Waals surface area contributed by atoms with Gasteiger partial charge in [0, 0.05) is 10.0 Å². The van der Waals surface area contributed by atoms with Crippen molar-refractivity contribution in [3.8, 4) is 11.3 Å². The van der Waals surface area contributed by atoms with Crippen molar-refractivity contribution >= 4 is 51.0 Å². The van der Waals surface area contributed by atoms with Gasteiger partial charge in [-0.25, -0.2) is 0 Å². The number of rotatable bonds is 5. The number of nitrogens with zero attached hydrogens (tertiary/aromatic N) is 2. The van der Waals surface area contributed by atoms with Gasteiger partial charge in [0.2, 0.25) is 5.91 Å². The summed E-state index contributed by atoms with van der Waals surface area (Å²) in [5, 5.41) is 18.6. The summed E-state index contributed by atoms with van der Waals surface area (Å²) in [5.41, 5.74) is 0.935. The zero-order valence-electron chi connectivity index (χ0n) is 12.7. The molecule has 2 heterocycles. The van der Waals surface area contributed by atoms with Crippen molar-refractivity contribution in [3.05, 3.63) is 46.6 Å².